The van der Waals surface area contributed by atoms with E-state index in [-0.39, 0.29) is 10.5 Å². The molecule has 0 aromatic heterocycles. The van der Waals surface area contributed by atoms with Crippen molar-refractivity contribution >= 4 is 16.9 Å². The maximum atomic E-state index is 11.4. The highest BCUT2D eigenvalue weighted by molar-refractivity contribution is 8.13. The monoisotopic (exact) mass is 248 g/mol. The van der Waals surface area contributed by atoms with E-state index in [1.54, 1.807) is 6.92 Å². The van der Waals surface area contributed by atoms with Crippen molar-refractivity contribution < 1.29 is 4.79 Å². The van der Waals surface area contributed by atoms with E-state index in [0.29, 0.717) is 5.57 Å². The summed E-state index contributed by atoms with van der Waals surface area (Å²) in [5.74, 6) is 0.718. The fraction of sp³-hybridized carbons (Fsp3) is 0.400. The third-order valence-electron chi connectivity index (χ3n) is 2.54. The molecule has 2 heteroatoms. The SMILES string of the molecule is C=C(C)C(=O)SCc1ccc(C(C)(C)C)cc1. The highest BCUT2D eigenvalue weighted by atomic mass is 32.2. The lowest BCUT2D eigenvalue weighted by molar-refractivity contribution is -0.107. The van der Waals surface area contributed by atoms with Crippen LogP contribution < -0.4 is 0 Å². The summed E-state index contributed by atoms with van der Waals surface area (Å²) in [6, 6.07) is 8.47. The van der Waals surface area contributed by atoms with Crippen LogP contribution in [0.2, 0.25) is 0 Å². The number of hydrogen-bond acceptors (Lipinski definition) is 2. The van der Waals surface area contributed by atoms with E-state index in [1.165, 1.54) is 22.9 Å². The van der Waals surface area contributed by atoms with Gasteiger partial charge >= 0.3 is 0 Å². The van der Waals surface area contributed by atoms with Gasteiger partial charge < -0.3 is 0 Å². The molecule has 92 valence electrons. The molecule has 0 N–H and O–H groups in total. The summed E-state index contributed by atoms with van der Waals surface area (Å²) in [5.41, 5.74) is 3.29. The molecule has 0 aliphatic carbocycles. The lowest BCUT2D eigenvalue weighted by Crippen LogP contribution is -2.10. The molecule has 0 saturated heterocycles. The first kappa shape index (κ1) is 14.0. The zero-order valence-electron chi connectivity index (χ0n) is 11.0. The molecule has 1 aromatic rings. The highest BCUT2D eigenvalue weighted by Gasteiger charge is 2.13. The van der Waals surface area contributed by atoms with Gasteiger partial charge in [0, 0.05) is 5.75 Å². The predicted molar refractivity (Wildman–Crippen MR) is 76.3 cm³/mol. The molecule has 0 aliphatic heterocycles. The predicted octanol–water partition coefficient (Wildman–Crippen LogP) is 4.32. The summed E-state index contributed by atoms with van der Waals surface area (Å²) >= 11 is 1.31. The quantitative estimate of drug-likeness (QED) is 0.741. The lowest BCUT2D eigenvalue weighted by Gasteiger charge is -2.19. The van der Waals surface area contributed by atoms with Crippen molar-refractivity contribution in [3.63, 3.8) is 0 Å². The van der Waals surface area contributed by atoms with Crippen LogP contribution in [0.5, 0.6) is 0 Å². The highest BCUT2D eigenvalue weighted by Crippen LogP contribution is 2.23. The van der Waals surface area contributed by atoms with Crippen LogP contribution in [0.15, 0.2) is 36.4 Å². The molecule has 0 atom stereocenters. The number of rotatable bonds is 3. The average Bonchev–Trinajstić information content (AvgIpc) is 2.25. The molecule has 1 nitrogen and oxygen atoms in total. The average molecular weight is 248 g/mol. The lowest BCUT2D eigenvalue weighted by atomic mass is 9.87. The van der Waals surface area contributed by atoms with Gasteiger partial charge in [0.05, 0.1) is 0 Å². The molecule has 1 rings (SSSR count). The minimum atomic E-state index is 0.0740. The molecule has 0 fully saturated rings. The summed E-state index contributed by atoms with van der Waals surface area (Å²) < 4.78 is 0. The summed E-state index contributed by atoms with van der Waals surface area (Å²) in [4.78, 5) is 11.4. The maximum absolute atomic E-state index is 11.4. The first-order valence-electron chi connectivity index (χ1n) is 5.73. The maximum Gasteiger partial charge on any atom is 0.214 e. The molecule has 0 aliphatic rings. The second kappa shape index (κ2) is 5.54. The summed E-state index contributed by atoms with van der Waals surface area (Å²) in [6.07, 6.45) is 0. The van der Waals surface area contributed by atoms with Crippen LogP contribution in [0.4, 0.5) is 0 Å². The summed E-state index contributed by atoms with van der Waals surface area (Å²) in [5, 5.41) is 0.0740. The van der Waals surface area contributed by atoms with Crippen LogP contribution in [0.1, 0.15) is 38.8 Å². The van der Waals surface area contributed by atoms with Crippen LogP contribution in [-0.4, -0.2) is 5.12 Å². The van der Waals surface area contributed by atoms with E-state index < -0.39 is 0 Å². The normalized spacial score (nSPS) is 11.3. The Labute approximate surface area is 108 Å². The first-order valence-corrected chi connectivity index (χ1v) is 6.71. The van der Waals surface area contributed by atoms with E-state index in [0.717, 1.165) is 5.75 Å². The van der Waals surface area contributed by atoms with Crippen molar-refractivity contribution in [1.82, 2.24) is 0 Å². The van der Waals surface area contributed by atoms with Crippen LogP contribution in [0.25, 0.3) is 0 Å². The Balaban J connectivity index is 2.63. The largest absolute Gasteiger partial charge is 0.282 e. The molecule has 0 spiro atoms. The first-order chi connectivity index (χ1) is 7.80. The number of benzene rings is 1. The van der Waals surface area contributed by atoms with Crippen molar-refractivity contribution in [2.24, 2.45) is 0 Å². The minimum absolute atomic E-state index is 0.0740. The Hall–Kier alpha value is -1.02. The van der Waals surface area contributed by atoms with E-state index in [9.17, 15) is 4.79 Å². The molecule has 0 saturated carbocycles. The summed E-state index contributed by atoms with van der Waals surface area (Å²) in [7, 11) is 0. The number of thioether (sulfide) groups is 1. The van der Waals surface area contributed by atoms with Gasteiger partial charge in [-0.25, -0.2) is 0 Å². The molecule has 0 heterocycles. The summed E-state index contributed by atoms with van der Waals surface area (Å²) in [6.45, 7) is 12.0. The number of hydrogen-bond donors (Lipinski definition) is 0. The third-order valence-corrected chi connectivity index (χ3v) is 3.63. The van der Waals surface area contributed by atoms with Gasteiger partial charge in [-0.1, -0.05) is 63.4 Å². The molecule has 0 unspecified atom stereocenters. The van der Waals surface area contributed by atoms with Gasteiger partial charge in [0.15, 0.2) is 0 Å². The molecular weight excluding hydrogens is 228 g/mol. The van der Waals surface area contributed by atoms with Gasteiger partial charge in [-0.15, -0.1) is 0 Å². The van der Waals surface area contributed by atoms with Gasteiger partial charge in [-0.3, -0.25) is 4.79 Å². The minimum Gasteiger partial charge on any atom is -0.282 e. The van der Waals surface area contributed by atoms with Crippen LogP contribution in [0, 0.1) is 0 Å². The van der Waals surface area contributed by atoms with E-state index in [1.807, 2.05) is 0 Å². The number of carbonyl (C=O) groups is 1. The van der Waals surface area contributed by atoms with Crippen molar-refractivity contribution in [3.05, 3.63) is 47.5 Å². The Morgan fingerprint density at radius 1 is 1.24 bits per heavy atom. The van der Waals surface area contributed by atoms with E-state index in [2.05, 4.69) is 51.6 Å². The Morgan fingerprint density at radius 2 is 1.76 bits per heavy atom. The number of carbonyl (C=O) groups excluding carboxylic acids is 1. The van der Waals surface area contributed by atoms with Crippen LogP contribution in [-0.2, 0) is 16.0 Å². The van der Waals surface area contributed by atoms with Crippen LogP contribution in [0.3, 0.4) is 0 Å². The van der Waals surface area contributed by atoms with Gasteiger partial charge in [0.1, 0.15) is 0 Å². The van der Waals surface area contributed by atoms with Crippen LogP contribution >= 0.6 is 11.8 Å². The van der Waals surface area contributed by atoms with Gasteiger partial charge in [-0.2, -0.15) is 0 Å². The van der Waals surface area contributed by atoms with E-state index >= 15 is 0 Å². The second-order valence-electron chi connectivity index (χ2n) is 5.30. The molecule has 0 radical (unpaired) electrons. The fourth-order valence-corrected chi connectivity index (χ4v) is 2.11. The second-order valence-corrected chi connectivity index (χ2v) is 6.25. The smallest absolute Gasteiger partial charge is 0.214 e. The Kier molecular flexibility index (Phi) is 4.58. The molecule has 0 amide bonds. The van der Waals surface area contributed by atoms with Gasteiger partial charge in [0.2, 0.25) is 5.12 Å². The van der Waals surface area contributed by atoms with Crippen molar-refractivity contribution in [3.8, 4) is 0 Å². The fourth-order valence-electron chi connectivity index (χ4n) is 1.37. The third kappa shape index (κ3) is 4.39. The Morgan fingerprint density at radius 3 is 2.18 bits per heavy atom. The van der Waals surface area contributed by atoms with E-state index in [4.69, 9.17) is 0 Å². The Bertz CT molecular complexity index is 410. The molecule has 1 aromatic carbocycles. The molecular formula is C15H20OS. The topological polar surface area (TPSA) is 17.1 Å². The molecule has 0 bridgehead atoms. The van der Waals surface area contributed by atoms with Gasteiger partial charge in [-0.05, 0) is 29.0 Å². The van der Waals surface area contributed by atoms with Gasteiger partial charge in [0.25, 0.3) is 0 Å². The standard InChI is InChI=1S/C15H20OS/c1-11(2)14(16)17-10-12-6-8-13(9-7-12)15(3,4)5/h6-9H,1,10H2,2-5H3. The molecule has 17 heavy (non-hydrogen) atoms. The van der Waals surface area contributed by atoms with Crippen molar-refractivity contribution in [1.29, 1.82) is 0 Å². The zero-order chi connectivity index (χ0) is 13.1. The van der Waals surface area contributed by atoms with Crippen molar-refractivity contribution in [2.75, 3.05) is 0 Å². The zero-order valence-corrected chi connectivity index (χ0v) is 11.9. The van der Waals surface area contributed by atoms with Crippen molar-refractivity contribution in [2.45, 2.75) is 38.9 Å².